The third kappa shape index (κ3) is 1.85. The van der Waals surface area contributed by atoms with E-state index in [9.17, 15) is 4.79 Å². The lowest BCUT2D eigenvalue weighted by atomic mass is 10.2. The smallest absolute Gasteiger partial charge is 0.317 e. The van der Waals surface area contributed by atoms with E-state index in [2.05, 4.69) is 10.4 Å². The van der Waals surface area contributed by atoms with Crippen molar-refractivity contribution in [1.82, 2.24) is 20.0 Å². The molecule has 0 radical (unpaired) electrons. The molecule has 1 aromatic heterocycles. The van der Waals surface area contributed by atoms with Crippen molar-refractivity contribution < 1.29 is 4.79 Å². The number of nitrogens with one attached hydrogen (secondary N) is 1. The summed E-state index contributed by atoms with van der Waals surface area (Å²) in [5, 5.41) is 8.17. The lowest BCUT2D eigenvalue weighted by Crippen LogP contribution is -2.31. The number of hydrogen-bond acceptors (Lipinski definition) is 3. The Balaban J connectivity index is 1.78. The van der Waals surface area contributed by atoms with Gasteiger partial charge in [-0.25, -0.2) is 4.79 Å². The molecule has 3 rings (SSSR count). The SMILES string of the molecule is Nc1ccc2cnn(CCN3CCNC3=O)c2c1. The number of nitrogens with two attached hydrogens (primary N) is 1. The molecule has 2 heterocycles. The molecule has 1 aromatic carbocycles. The fourth-order valence-electron chi connectivity index (χ4n) is 2.21. The molecule has 3 N–H and O–H groups in total. The van der Waals surface area contributed by atoms with Crippen LogP contribution >= 0.6 is 0 Å². The summed E-state index contributed by atoms with van der Waals surface area (Å²) in [6.45, 7) is 2.84. The van der Waals surface area contributed by atoms with Gasteiger partial charge in [-0.05, 0) is 18.2 Å². The van der Waals surface area contributed by atoms with Gasteiger partial charge in [0.05, 0.1) is 18.3 Å². The van der Waals surface area contributed by atoms with Gasteiger partial charge in [0.15, 0.2) is 0 Å². The Bertz CT molecular complexity index is 591. The molecule has 0 spiro atoms. The molecule has 0 unspecified atom stereocenters. The van der Waals surface area contributed by atoms with Crippen molar-refractivity contribution in [2.24, 2.45) is 0 Å². The second-order valence-corrected chi connectivity index (χ2v) is 4.40. The zero-order valence-electron chi connectivity index (χ0n) is 9.97. The Kier molecular flexibility index (Phi) is 2.55. The number of carbonyl (C=O) groups is 1. The summed E-state index contributed by atoms with van der Waals surface area (Å²) in [7, 11) is 0. The molecule has 1 fully saturated rings. The highest BCUT2D eigenvalue weighted by atomic mass is 16.2. The summed E-state index contributed by atoms with van der Waals surface area (Å²) in [5.41, 5.74) is 7.51. The van der Waals surface area contributed by atoms with Crippen LogP contribution in [0, 0.1) is 0 Å². The highest BCUT2D eigenvalue weighted by molar-refractivity contribution is 5.81. The number of anilines is 1. The highest BCUT2D eigenvalue weighted by Gasteiger charge is 2.18. The normalized spacial score (nSPS) is 15.3. The van der Waals surface area contributed by atoms with Crippen molar-refractivity contribution in [1.29, 1.82) is 0 Å². The van der Waals surface area contributed by atoms with E-state index in [-0.39, 0.29) is 6.03 Å². The predicted octanol–water partition coefficient (Wildman–Crippen LogP) is 0.644. The highest BCUT2D eigenvalue weighted by Crippen LogP contribution is 2.16. The van der Waals surface area contributed by atoms with Crippen molar-refractivity contribution in [2.45, 2.75) is 6.54 Å². The maximum absolute atomic E-state index is 11.4. The maximum atomic E-state index is 11.4. The summed E-state index contributed by atoms with van der Waals surface area (Å²) >= 11 is 0. The van der Waals surface area contributed by atoms with Crippen LogP contribution < -0.4 is 11.1 Å². The zero-order valence-corrected chi connectivity index (χ0v) is 9.97. The molecule has 0 saturated carbocycles. The Labute approximate surface area is 104 Å². The monoisotopic (exact) mass is 245 g/mol. The second kappa shape index (κ2) is 4.21. The summed E-state index contributed by atoms with van der Waals surface area (Å²) in [4.78, 5) is 13.2. The standard InChI is InChI=1S/C12H15N5O/c13-10-2-1-9-8-15-17(11(9)7-10)6-5-16-4-3-14-12(16)18/h1-2,7-8H,3-6,13H2,(H,14,18). The molecule has 1 aliphatic heterocycles. The van der Waals surface area contributed by atoms with Crippen LogP contribution in [0.15, 0.2) is 24.4 Å². The van der Waals surface area contributed by atoms with E-state index in [1.807, 2.05) is 29.1 Å². The summed E-state index contributed by atoms with van der Waals surface area (Å²) in [5.74, 6) is 0. The van der Waals surface area contributed by atoms with E-state index >= 15 is 0 Å². The fraction of sp³-hybridized carbons (Fsp3) is 0.333. The van der Waals surface area contributed by atoms with Crippen molar-refractivity contribution in [3.05, 3.63) is 24.4 Å². The first-order chi connectivity index (χ1) is 8.74. The molecule has 94 valence electrons. The van der Waals surface area contributed by atoms with Gasteiger partial charge in [0.2, 0.25) is 0 Å². The van der Waals surface area contributed by atoms with Gasteiger partial charge >= 0.3 is 6.03 Å². The van der Waals surface area contributed by atoms with Crippen molar-refractivity contribution in [2.75, 3.05) is 25.4 Å². The van der Waals surface area contributed by atoms with Crippen LogP contribution in [0.5, 0.6) is 0 Å². The molecule has 18 heavy (non-hydrogen) atoms. The number of carbonyl (C=O) groups excluding carboxylic acids is 1. The Morgan fingerprint density at radius 1 is 1.39 bits per heavy atom. The van der Waals surface area contributed by atoms with Gasteiger partial charge in [0.25, 0.3) is 0 Å². The number of rotatable bonds is 3. The van der Waals surface area contributed by atoms with E-state index in [4.69, 9.17) is 5.73 Å². The van der Waals surface area contributed by atoms with Gasteiger partial charge in [0.1, 0.15) is 0 Å². The third-order valence-corrected chi connectivity index (χ3v) is 3.20. The van der Waals surface area contributed by atoms with E-state index in [1.54, 1.807) is 4.90 Å². The van der Waals surface area contributed by atoms with Gasteiger partial charge in [-0.3, -0.25) is 4.68 Å². The minimum absolute atomic E-state index is 0.00553. The predicted molar refractivity (Wildman–Crippen MR) is 69.1 cm³/mol. The number of amides is 2. The van der Waals surface area contributed by atoms with Gasteiger partial charge in [-0.15, -0.1) is 0 Å². The third-order valence-electron chi connectivity index (χ3n) is 3.20. The number of nitrogen functional groups attached to an aromatic ring is 1. The van der Waals surface area contributed by atoms with Crippen LogP contribution in [0.4, 0.5) is 10.5 Å². The molecule has 6 heteroatoms. The quantitative estimate of drug-likeness (QED) is 0.779. The van der Waals surface area contributed by atoms with Crippen LogP contribution in [-0.4, -0.2) is 40.3 Å². The minimum Gasteiger partial charge on any atom is -0.399 e. The van der Waals surface area contributed by atoms with E-state index < -0.39 is 0 Å². The summed E-state index contributed by atoms with van der Waals surface area (Å²) in [6.07, 6.45) is 1.82. The molecular formula is C12H15N5O. The van der Waals surface area contributed by atoms with Crippen LogP contribution in [-0.2, 0) is 6.54 Å². The van der Waals surface area contributed by atoms with Gasteiger partial charge in [0, 0.05) is 30.7 Å². The van der Waals surface area contributed by atoms with Crippen molar-refractivity contribution in [3.8, 4) is 0 Å². The average molecular weight is 245 g/mol. The Morgan fingerprint density at radius 3 is 3.06 bits per heavy atom. The molecule has 2 aromatic rings. The van der Waals surface area contributed by atoms with Gasteiger partial charge in [-0.2, -0.15) is 5.10 Å². The van der Waals surface area contributed by atoms with Crippen LogP contribution in [0.25, 0.3) is 10.9 Å². The molecule has 0 atom stereocenters. The van der Waals surface area contributed by atoms with Gasteiger partial charge < -0.3 is 16.0 Å². The lowest BCUT2D eigenvalue weighted by Gasteiger charge is -2.14. The lowest BCUT2D eigenvalue weighted by molar-refractivity contribution is 0.215. The second-order valence-electron chi connectivity index (χ2n) is 4.40. The number of nitrogens with zero attached hydrogens (tertiary/aromatic N) is 3. The molecule has 1 aliphatic rings. The van der Waals surface area contributed by atoms with E-state index in [1.165, 1.54) is 0 Å². The van der Waals surface area contributed by atoms with Crippen molar-refractivity contribution in [3.63, 3.8) is 0 Å². The number of aromatic nitrogens is 2. The number of fused-ring (bicyclic) bond motifs is 1. The van der Waals surface area contributed by atoms with Crippen molar-refractivity contribution >= 4 is 22.6 Å². The fourth-order valence-corrected chi connectivity index (χ4v) is 2.21. The molecule has 0 bridgehead atoms. The van der Waals surface area contributed by atoms with Crippen LogP contribution in [0.2, 0.25) is 0 Å². The maximum Gasteiger partial charge on any atom is 0.317 e. The minimum atomic E-state index is 0.00553. The number of urea groups is 1. The van der Waals surface area contributed by atoms with E-state index in [0.29, 0.717) is 13.1 Å². The average Bonchev–Trinajstić information content (AvgIpc) is 2.93. The number of benzene rings is 1. The van der Waals surface area contributed by atoms with Crippen LogP contribution in [0.1, 0.15) is 0 Å². The molecule has 1 saturated heterocycles. The van der Waals surface area contributed by atoms with E-state index in [0.717, 1.165) is 29.7 Å². The molecule has 2 amide bonds. The topological polar surface area (TPSA) is 76.2 Å². The molecule has 0 aliphatic carbocycles. The molecular weight excluding hydrogens is 230 g/mol. The first-order valence-electron chi connectivity index (χ1n) is 5.98. The zero-order chi connectivity index (χ0) is 12.5. The molecule has 6 nitrogen and oxygen atoms in total. The Hall–Kier alpha value is -2.24. The summed E-state index contributed by atoms with van der Waals surface area (Å²) < 4.78 is 1.89. The largest absolute Gasteiger partial charge is 0.399 e. The first kappa shape index (κ1) is 10.9. The van der Waals surface area contributed by atoms with Gasteiger partial charge in [-0.1, -0.05) is 0 Å². The Morgan fingerprint density at radius 2 is 2.28 bits per heavy atom. The summed E-state index contributed by atoms with van der Waals surface area (Å²) in [6, 6.07) is 5.73. The first-order valence-corrected chi connectivity index (χ1v) is 5.98. The number of hydrogen-bond donors (Lipinski definition) is 2. The van der Waals surface area contributed by atoms with Crippen LogP contribution in [0.3, 0.4) is 0 Å².